The van der Waals surface area contributed by atoms with Gasteiger partial charge in [0, 0.05) is 18.8 Å². The molecule has 1 aliphatic heterocycles. The van der Waals surface area contributed by atoms with E-state index in [2.05, 4.69) is 12.2 Å². The number of benzene rings is 1. The number of urea groups is 1. The highest BCUT2D eigenvalue weighted by atomic mass is 19.1. The lowest BCUT2D eigenvalue weighted by molar-refractivity contribution is 0.0692. The van der Waals surface area contributed by atoms with Gasteiger partial charge in [0.05, 0.1) is 5.56 Å². The number of nitrogens with zero attached hydrogens (tertiary/aromatic N) is 1. The fourth-order valence-corrected chi connectivity index (χ4v) is 2.44. The van der Waals surface area contributed by atoms with Crippen LogP contribution in [0.5, 0.6) is 0 Å². The predicted molar refractivity (Wildman–Crippen MR) is 77.0 cm³/mol. The zero-order valence-corrected chi connectivity index (χ0v) is 11.9. The van der Waals surface area contributed by atoms with Gasteiger partial charge in [-0.15, -0.1) is 0 Å². The number of rotatable bonds is 2. The summed E-state index contributed by atoms with van der Waals surface area (Å²) in [5, 5.41) is 11.5. The van der Waals surface area contributed by atoms with Gasteiger partial charge in [-0.3, -0.25) is 0 Å². The van der Waals surface area contributed by atoms with Crippen LogP contribution in [-0.4, -0.2) is 35.1 Å². The van der Waals surface area contributed by atoms with Gasteiger partial charge in [0.2, 0.25) is 0 Å². The SMILES string of the molecule is CC1CCCN(C(=O)Nc2ccc(F)c(C(=O)O)c2)CC1. The molecule has 1 unspecified atom stereocenters. The molecular formula is C15H19FN2O3. The van der Waals surface area contributed by atoms with Crippen LogP contribution in [-0.2, 0) is 0 Å². The average molecular weight is 294 g/mol. The van der Waals surface area contributed by atoms with Gasteiger partial charge < -0.3 is 15.3 Å². The number of hydrogen-bond acceptors (Lipinski definition) is 2. The third kappa shape index (κ3) is 3.93. The summed E-state index contributed by atoms with van der Waals surface area (Å²) in [6.45, 7) is 3.53. The van der Waals surface area contributed by atoms with Crippen molar-refractivity contribution in [1.29, 1.82) is 0 Å². The second-order valence-electron chi connectivity index (χ2n) is 5.45. The molecule has 1 aliphatic rings. The van der Waals surface area contributed by atoms with Gasteiger partial charge in [-0.1, -0.05) is 6.92 Å². The maximum atomic E-state index is 13.3. The quantitative estimate of drug-likeness (QED) is 0.880. The molecule has 2 rings (SSSR count). The lowest BCUT2D eigenvalue weighted by Gasteiger charge is -2.21. The topological polar surface area (TPSA) is 69.6 Å². The van der Waals surface area contributed by atoms with Crippen LogP contribution in [0, 0.1) is 11.7 Å². The number of carboxylic acids is 1. The first-order chi connectivity index (χ1) is 9.97. The number of amides is 2. The number of nitrogens with one attached hydrogen (secondary N) is 1. The average Bonchev–Trinajstić information content (AvgIpc) is 2.65. The van der Waals surface area contributed by atoms with Crippen molar-refractivity contribution in [3.05, 3.63) is 29.6 Å². The normalized spacial score (nSPS) is 19.0. The van der Waals surface area contributed by atoms with Crippen molar-refractivity contribution in [1.82, 2.24) is 4.90 Å². The van der Waals surface area contributed by atoms with Gasteiger partial charge in [-0.25, -0.2) is 14.0 Å². The number of carboxylic acid groups (broad SMARTS) is 1. The summed E-state index contributed by atoms with van der Waals surface area (Å²) in [7, 11) is 0. The van der Waals surface area contributed by atoms with Crippen LogP contribution >= 0.6 is 0 Å². The summed E-state index contributed by atoms with van der Waals surface area (Å²) in [6, 6.07) is 3.27. The van der Waals surface area contributed by atoms with Crippen molar-refractivity contribution in [2.75, 3.05) is 18.4 Å². The van der Waals surface area contributed by atoms with Crippen LogP contribution in [0.3, 0.4) is 0 Å². The van der Waals surface area contributed by atoms with Gasteiger partial charge >= 0.3 is 12.0 Å². The van der Waals surface area contributed by atoms with Crippen LogP contribution in [0.1, 0.15) is 36.5 Å². The minimum atomic E-state index is -1.35. The predicted octanol–water partition coefficient (Wildman–Crippen LogP) is 3.18. The van der Waals surface area contributed by atoms with Crippen LogP contribution in [0.2, 0.25) is 0 Å². The molecule has 1 fully saturated rings. The number of halogens is 1. The molecule has 5 nitrogen and oxygen atoms in total. The van der Waals surface area contributed by atoms with Crippen molar-refractivity contribution in [2.24, 2.45) is 5.92 Å². The molecule has 1 atom stereocenters. The monoisotopic (exact) mass is 294 g/mol. The molecule has 21 heavy (non-hydrogen) atoms. The van der Waals surface area contributed by atoms with E-state index in [9.17, 15) is 14.0 Å². The van der Waals surface area contributed by atoms with Crippen molar-refractivity contribution in [3.8, 4) is 0 Å². The van der Waals surface area contributed by atoms with E-state index in [0.29, 0.717) is 19.0 Å². The molecule has 6 heteroatoms. The van der Waals surface area contributed by atoms with Crippen molar-refractivity contribution in [2.45, 2.75) is 26.2 Å². The number of aromatic carboxylic acids is 1. The Morgan fingerprint density at radius 3 is 2.81 bits per heavy atom. The Labute approximate surface area is 122 Å². The van der Waals surface area contributed by atoms with Gasteiger partial charge in [-0.2, -0.15) is 0 Å². The zero-order valence-electron chi connectivity index (χ0n) is 11.9. The van der Waals surface area contributed by atoms with E-state index >= 15 is 0 Å². The Morgan fingerprint density at radius 1 is 1.33 bits per heavy atom. The summed E-state index contributed by atoms with van der Waals surface area (Å²) >= 11 is 0. The molecule has 1 heterocycles. The summed E-state index contributed by atoms with van der Waals surface area (Å²) in [4.78, 5) is 24.8. The van der Waals surface area contributed by atoms with Crippen LogP contribution < -0.4 is 5.32 Å². The third-order valence-electron chi connectivity index (χ3n) is 3.75. The Balaban J connectivity index is 2.05. The zero-order chi connectivity index (χ0) is 15.4. The number of carbonyl (C=O) groups excluding carboxylic acids is 1. The molecule has 0 aliphatic carbocycles. The Morgan fingerprint density at radius 2 is 2.10 bits per heavy atom. The maximum Gasteiger partial charge on any atom is 0.338 e. The van der Waals surface area contributed by atoms with Crippen LogP contribution in [0.25, 0.3) is 0 Å². The molecule has 0 radical (unpaired) electrons. The molecule has 0 spiro atoms. The highest BCUT2D eigenvalue weighted by Gasteiger charge is 2.19. The third-order valence-corrected chi connectivity index (χ3v) is 3.75. The Bertz CT molecular complexity index is 548. The summed E-state index contributed by atoms with van der Waals surface area (Å²) in [5.41, 5.74) is -0.159. The first-order valence-corrected chi connectivity index (χ1v) is 7.06. The minimum Gasteiger partial charge on any atom is -0.478 e. The van der Waals surface area contributed by atoms with E-state index in [0.717, 1.165) is 31.4 Å². The standard InChI is InChI=1S/C15H19FN2O3/c1-10-3-2-7-18(8-6-10)15(21)17-11-4-5-13(16)12(9-11)14(19)20/h4-5,9-10H,2-3,6-8H2,1H3,(H,17,21)(H,19,20). The number of likely N-dealkylation sites (tertiary alicyclic amines) is 1. The van der Waals surface area contributed by atoms with Gasteiger partial charge in [0.15, 0.2) is 0 Å². The number of hydrogen-bond donors (Lipinski definition) is 2. The minimum absolute atomic E-state index is 0.271. The second-order valence-corrected chi connectivity index (χ2v) is 5.45. The smallest absolute Gasteiger partial charge is 0.338 e. The molecule has 0 saturated carbocycles. The maximum absolute atomic E-state index is 13.3. The van der Waals surface area contributed by atoms with E-state index in [-0.39, 0.29) is 11.7 Å². The Kier molecular flexibility index (Phi) is 4.77. The Hall–Kier alpha value is -2.11. The van der Waals surface area contributed by atoms with Crippen molar-refractivity contribution >= 4 is 17.7 Å². The number of carbonyl (C=O) groups is 2. The molecule has 2 N–H and O–H groups in total. The fraction of sp³-hybridized carbons (Fsp3) is 0.467. The largest absolute Gasteiger partial charge is 0.478 e. The van der Waals surface area contributed by atoms with Gasteiger partial charge in [0.1, 0.15) is 5.82 Å². The lowest BCUT2D eigenvalue weighted by Crippen LogP contribution is -2.35. The second kappa shape index (κ2) is 6.56. The van der Waals surface area contributed by atoms with Crippen LogP contribution in [0.15, 0.2) is 18.2 Å². The van der Waals surface area contributed by atoms with Crippen molar-refractivity contribution < 1.29 is 19.1 Å². The summed E-state index contributed by atoms with van der Waals surface area (Å²) in [5.74, 6) is -1.57. The first kappa shape index (κ1) is 15.3. The highest BCUT2D eigenvalue weighted by molar-refractivity contribution is 5.93. The van der Waals surface area contributed by atoms with E-state index in [1.807, 2.05) is 0 Å². The van der Waals surface area contributed by atoms with E-state index in [4.69, 9.17) is 5.11 Å². The molecule has 1 aromatic carbocycles. The first-order valence-electron chi connectivity index (χ1n) is 7.06. The van der Waals surface area contributed by atoms with Gasteiger partial charge in [-0.05, 0) is 43.4 Å². The molecule has 114 valence electrons. The van der Waals surface area contributed by atoms with Gasteiger partial charge in [0.25, 0.3) is 0 Å². The fourth-order valence-electron chi connectivity index (χ4n) is 2.44. The molecule has 0 bridgehead atoms. The highest BCUT2D eigenvalue weighted by Crippen LogP contribution is 2.19. The molecule has 1 saturated heterocycles. The molecule has 2 amide bonds. The summed E-state index contributed by atoms with van der Waals surface area (Å²) < 4.78 is 13.3. The molecule has 1 aromatic rings. The van der Waals surface area contributed by atoms with E-state index < -0.39 is 17.3 Å². The van der Waals surface area contributed by atoms with E-state index in [1.54, 1.807) is 4.90 Å². The van der Waals surface area contributed by atoms with Crippen molar-refractivity contribution in [3.63, 3.8) is 0 Å². The van der Waals surface area contributed by atoms with Crippen LogP contribution in [0.4, 0.5) is 14.9 Å². The molecule has 0 aromatic heterocycles. The summed E-state index contributed by atoms with van der Waals surface area (Å²) in [6.07, 6.45) is 3.01. The number of anilines is 1. The molecular weight excluding hydrogens is 275 g/mol. The lowest BCUT2D eigenvalue weighted by atomic mass is 10.0. The van der Waals surface area contributed by atoms with E-state index in [1.165, 1.54) is 6.07 Å².